The van der Waals surface area contributed by atoms with E-state index in [2.05, 4.69) is 55.6 Å². The van der Waals surface area contributed by atoms with Crippen LogP contribution in [0.4, 0.5) is 0 Å². The van der Waals surface area contributed by atoms with Gasteiger partial charge in [0.1, 0.15) is 0 Å². The average Bonchev–Trinajstić information content (AvgIpc) is 2.61. The van der Waals surface area contributed by atoms with Gasteiger partial charge in [-0.1, -0.05) is 41.0 Å². The molecule has 2 aromatic rings. The Morgan fingerprint density at radius 2 is 1.88 bits per heavy atom. The second-order valence-corrected chi connectivity index (χ2v) is 5.95. The van der Waals surface area contributed by atoms with Gasteiger partial charge in [-0.25, -0.2) is 4.98 Å². The molecule has 0 aliphatic carbocycles. The minimum Gasteiger partial charge on any atom is -0.294 e. The fourth-order valence-corrected chi connectivity index (χ4v) is 2.58. The van der Waals surface area contributed by atoms with Crippen molar-refractivity contribution in [2.45, 2.75) is 53.4 Å². The lowest BCUT2D eigenvalue weighted by molar-refractivity contribution is 0.565. The molecule has 0 saturated heterocycles. The molecule has 0 bridgehead atoms. The van der Waals surface area contributed by atoms with Gasteiger partial charge in [-0.2, -0.15) is 0 Å². The Kier molecular flexibility index (Phi) is 4.14. The molecule has 0 radical (unpaired) electrons. The Hall–Kier alpha value is -0.830. The summed E-state index contributed by atoms with van der Waals surface area (Å²) < 4.78 is 2.19. The van der Waals surface area contributed by atoms with Gasteiger partial charge in [0, 0.05) is 22.7 Å². The van der Waals surface area contributed by atoms with Crippen LogP contribution < -0.4 is 0 Å². The molecule has 0 N–H and O–H groups in total. The molecule has 0 atom stereocenters. The van der Waals surface area contributed by atoms with Gasteiger partial charge in [0.25, 0.3) is 0 Å². The summed E-state index contributed by atoms with van der Waals surface area (Å²) in [7, 11) is 0. The van der Waals surface area contributed by atoms with Gasteiger partial charge < -0.3 is 0 Å². The smallest absolute Gasteiger partial charge is 0.194 e. The molecule has 90 valence electrons. The first-order valence-electron chi connectivity index (χ1n) is 5.83. The summed E-state index contributed by atoms with van der Waals surface area (Å²) >= 11 is 1.71. The van der Waals surface area contributed by atoms with Gasteiger partial charge in [-0.05, 0) is 6.92 Å². The molecule has 0 spiro atoms. The zero-order valence-corrected chi connectivity index (χ0v) is 12.0. The van der Waals surface area contributed by atoms with Crippen molar-refractivity contribution in [1.29, 1.82) is 0 Å². The molecular weight excluding hydrogens is 216 g/mol. The van der Waals surface area contributed by atoms with Crippen LogP contribution in [0.15, 0.2) is 11.6 Å². The molecule has 2 heterocycles. The highest BCUT2D eigenvalue weighted by molar-refractivity contribution is 7.15. The van der Waals surface area contributed by atoms with Crippen molar-refractivity contribution < 1.29 is 0 Å². The fraction of sp³-hybridized carbons (Fsp3) is 0.615. The number of imidazole rings is 1. The van der Waals surface area contributed by atoms with Gasteiger partial charge in [-0.15, -0.1) is 11.3 Å². The largest absolute Gasteiger partial charge is 0.294 e. The number of hydrogen-bond donors (Lipinski definition) is 0. The van der Waals surface area contributed by atoms with Gasteiger partial charge >= 0.3 is 0 Å². The van der Waals surface area contributed by atoms with Crippen LogP contribution >= 0.6 is 11.3 Å². The molecule has 0 unspecified atom stereocenters. The van der Waals surface area contributed by atoms with Crippen LogP contribution in [0.2, 0.25) is 0 Å². The Morgan fingerprint density at radius 1 is 1.31 bits per heavy atom. The Bertz CT molecular complexity index is 446. The van der Waals surface area contributed by atoms with Gasteiger partial charge in [0.15, 0.2) is 4.96 Å². The van der Waals surface area contributed by atoms with Crippen molar-refractivity contribution in [3.8, 4) is 0 Å². The van der Waals surface area contributed by atoms with Crippen LogP contribution in [0.3, 0.4) is 0 Å². The summed E-state index contributed by atoms with van der Waals surface area (Å²) in [4.78, 5) is 5.53. The maximum atomic E-state index is 4.43. The third-order valence-corrected chi connectivity index (χ3v) is 2.94. The molecule has 2 nitrogen and oxygen atoms in total. The highest BCUT2D eigenvalue weighted by Crippen LogP contribution is 2.27. The van der Waals surface area contributed by atoms with Crippen LogP contribution in [0.1, 0.15) is 52.4 Å². The van der Waals surface area contributed by atoms with E-state index in [-0.39, 0.29) is 5.41 Å². The number of rotatable bonds is 0. The van der Waals surface area contributed by atoms with E-state index in [1.165, 1.54) is 12.1 Å². The highest BCUT2D eigenvalue weighted by atomic mass is 32.1. The lowest BCUT2D eigenvalue weighted by atomic mass is 9.93. The number of thiazole rings is 1. The molecule has 3 heteroatoms. The molecular formula is C13H22N2S. The fourth-order valence-electron chi connectivity index (χ4n) is 1.43. The summed E-state index contributed by atoms with van der Waals surface area (Å²) in [6.45, 7) is 13.0. The minimum atomic E-state index is 0.200. The molecule has 0 aliphatic rings. The number of fused-ring (bicyclic) bond motifs is 1. The molecule has 2 rings (SSSR count). The van der Waals surface area contributed by atoms with Crippen LogP contribution in [0.25, 0.3) is 4.96 Å². The number of aromatic nitrogens is 2. The number of hydrogen-bond acceptors (Lipinski definition) is 2. The summed E-state index contributed by atoms with van der Waals surface area (Å²) in [5.74, 6) is 0. The summed E-state index contributed by atoms with van der Waals surface area (Å²) in [6.07, 6.45) is 3.35. The van der Waals surface area contributed by atoms with E-state index in [0.29, 0.717) is 0 Å². The second kappa shape index (κ2) is 5.00. The monoisotopic (exact) mass is 238 g/mol. The summed E-state index contributed by atoms with van der Waals surface area (Å²) in [5, 5.41) is 2.20. The van der Waals surface area contributed by atoms with Gasteiger partial charge in [-0.3, -0.25) is 4.40 Å². The maximum Gasteiger partial charge on any atom is 0.194 e. The van der Waals surface area contributed by atoms with Crippen molar-refractivity contribution in [2.75, 3.05) is 0 Å². The van der Waals surface area contributed by atoms with Crippen LogP contribution in [-0.2, 0) is 5.41 Å². The quantitative estimate of drug-likeness (QED) is 0.664. The van der Waals surface area contributed by atoms with Crippen LogP contribution in [0.5, 0.6) is 0 Å². The predicted octanol–water partition coefficient (Wildman–Crippen LogP) is 4.42. The summed E-state index contributed by atoms with van der Waals surface area (Å²) in [5.41, 5.74) is 2.64. The Morgan fingerprint density at radius 3 is 2.38 bits per heavy atom. The number of aryl methyl sites for hydroxylation is 1. The zero-order valence-electron chi connectivity index (χ0n) is 11.2. The molecule has 0 saturated carbocycles. The van der Waals surface area contributed by atoms with E-state index in [1.807, 2.05) is 6.92 Å². The zero-order chi connectivity index (χ0) is 12.3. The van der Waals surface area contributed by atoms with Gasteiger partial charge in [0.05, 0.1) is 5.69 Å². The molecule has 0 aromatic carbocycles. The van der Waals surface area contributed by atoms with E-state index < -0.39 is 0 Å². The van der Waals surface area contributed by atoms with Crippen LogP contribution in [0, 0.1) is 6.92 Å². The van der Waals surface area contributed by atoms with Crippen molar-refractivity contribution >= 4 is 16.3 Å². The Labute approximate surface area is 102 Å². The maximum absolute atomic E-state index is 4.43. The SMILES string of the molecule is CCC.Cc1cn2c(C(C)(C)C)csc2n1. The summed E-state index contributed by atoms with van der Waals surface area (Å²) in [6, 6.07) is 0. The standard InChI is InChI=1S/C10H14N2S.C3H8/c1-7-5-12-8(10(2,3)4)6-13-9(12)11-7;1-3-2/h5-6H,1-4H3;3H2,1-2H3. The van der Waals surface area contributed by atoms with Crippen molar-refractivity contribution in [3.05, 3.63) is 23.0 Å². The lowest BCUT2D eigenvalue weighted by Crippen LogP contribution is -2.13. The highest BCUT2D eigenvalue weighted by Gasteiger charge is 2.18. The Balaban J connectivity index is 0.000000386. The van der Waals surface area contributed by atoms with E-state index in [0.717, 1.165) is 10.7 Å². The normalized spacial score (nSPS) is 11.4. The topological polar surface area (TPSA) is 17.3 Å². The second-order valence-electron chi connectivity index (χ2n) is 5.11. The number of nitrogens with zero attached hydrogens (tertiary/aromatic N) is 2. The van der Waals surface area contributed by atoms with Crippen molar-refractivity contribution in [1.82, 2.24) is 9.38 Å². The van der Waals surface area contributed by atoms with E-state index in [4.69, 9.17) is 0 Å². The molecule has 2 aromatic heterocycles. The van der Waals surface area contributed by atoms with Crippen molar-refractivity contribution in [3.63, 3.8) is 0 Å². The van der Waals surface area contributed by atoms with E-state index in [1.54, 1.807) is 11.3 Å². The third-order valence-electron chi connectivity index (χ3n) is 2.10. The van der Waals surface area contributed by atoms with Crippen LogP contribution in [-0.4, -0.2) is 9.38 Å². The average molecular weight is 238 g/mol. The third kappa shape index (κ3) is 2.85. The molecule has 0 fully saturated rings. The molecule has 0 amide bonds. The first-order chi connectivity index (χ1) is 7.40. The molecule has 16 heavy (non-hydrogen) atoms. The lowest BCUT2D eigenvalue weighted by Gasteiger charge is -2.16. The minimum absolute atomic E-state index is 0.200. The first-order valence-corrected chi connectivity index (χ1v) is 6.71. The van der Waals surface area contributed by atoms with Gasteiger partial charge in [0.2, 0.25) is 0 Å². The molecule has 0 aliphatic heterocycles. The first kappa shape index (κ1) is 13.2. The predicted molar refractivity (Wildman–Crippen MR) is 72.5 cm³/mol. The van der Waals surface area contributed by atoms with Crippen molar-refractivity contribution in [2.24, 2.45) is 0 Å². The van der Waals surface area contributed by atoms with E-state index >= 15 is 0 Å². The van der Waals surface area contributed by atoms with E-state index in [9.17, 15) is 0 Å².